The average molecular weight is 565 g/mol. The summed E-state index contributed by atoms with van der Waals surface area (Å²) in [6.45, 7) is 8.57. The predicted molar refractivity (Wildman–Crippen MR) is 141 cm³/mol. The van der Waals surface area contributed by atoms with Gasteiger partial charge in [0.25, 0.3) is 0 Å². The summed E-state index contributed by atoms with van der Waals surface area (Å²) in [6, 6.07) is 0. The Morgan fingerprint density at radius 1 is 1.05 bits per heavy atom. The first-order valence-corrected chi connectivity index (χ1v) is 12.4. The minimum absolute atomic E-state index is 0.00896. The van der Waals surface area contributed by atoms with Crippen molar-refractivity contribution in [1.29, 1.82) is 5.41 Å². The number of hydrogen-bond donors (Lipinski definition) is 4. The van der Waals surface area contributed by atoms with Gasteiger partial charge >= 0.3 is 6.18 Å². The first kappa shape index (κ1) is 30.0. The molecule has 0 unspecified atom stereocenters. The highest BCUT2D eigenvalue weighted by atomic mass is 19.4. The summed E-state index contributed by atoms with van der Waals surface area (Å²) in [5.41, 5.74) is 8.94. The van der Waals surface area contributed by atoms with Crippen molar-refractivity contribution in [2.75, 3.05) is 56.4 Å². The van der Waals surface area contributed by atoms with E-state index in [-0.39, 0.29) is 68.3 Å². The van der Waals surface area contributed by atoms with Crippen LogP contribution in [-0.2, 0) is 14.4 Å². The van der Waals surface area contributed by atoms with Gasteiger partial charge in [-0.05, 0) is 25.0 Å². The molecular formula is C24H31F3N10O3. The zero-order chi connectivity index (χ0) is 29.6. The summed E-state index contributed by atoms with van der Waals surface area (Å²) >= 11 is 0. The standard InChI is InChI=1S/C24H31F3N10O3/c1-3-18(38)35-6-4-15(5-7-35)21(40)31-13-19(39)36-8-10-37(11-9-36)23-33-20(32-22(30)34-23)14(2)16(12-17(28)29)24(25,26)27/h3,12,15H,1-2,4-11,13H2,(H3,28,29)(H,31,40)(H2,30,32,33,34)/b16-12+. The third kappa shape index (κ3) is 7.54. The molecule has 0 spiro atoms. The molecule has 16 heteroatoms. The number of likely N-dealkylation sites (tertiary alicyclic amines) is 1. The van der Waals surface area contributed by atoms with Gasteiger partial charge in [-0.1, -0.05) is 13.2 Å². The van der Waals surface area contributed by atoms with Gasteiger partial charge in [0.15, 0.2) is 5.82 Å². The zero-order valence-electron chi connectivity index (χ0n) is 21.7. The van der Waals surface area contributed by atoms with Gasteiger partial charge in [0.2, 0.25) is 29.6 Å². The molecule has 3 heterocycles. The Balaban J connectivity index is 1.56. The van der Waals surface area contributed by atoms with E-state index in [1.165, 1.54) is 6.08 Å². The number of carbonyl (C=O) groups excluding carboxylic acids is 3. The van der Waals surface area contributed by atoms with Gasteiger partial charge in [-0.2, -0.15) is 28.1 Å². The topological polar surface area (TPSA) is 188 Å². The Hall–Kier alpha value is -4.50. The second-order valence-electron chi connectivity index (χ2n) is 9.20. The number of rotatable bonds is 8. The average Bonchev–Trinajstić information content (AvgIpc) is 2.92. The molecule has 2 aliphatic heterocycles. The van der Waals surface area contributed by atoms with Gasteiger partial charge in [-0.25, -0.2) is 0 Å². The highest BCUT2D eigenvalue weighted by molar-refractivity contribution is 5.94. The van der Waals surface area contributed by atoms with Gasteiger partial charge in [-0.3, -0.25) is 19.8 Å². The molecule has 1 aromatic heterocycles. The molecule has 0 saturated carbocycles. The van der Waals surface area contributed by atoms with Crippen LogP contribution in [0.5, 0.6) is 0 Å². The molecule has 3 rings (SSSR count). The van der Waals surface area contributed by atoms with Crippen molar-refractivity contribution in [3.8, 4) is 0 Å². The summed E-state index contributed by atoms with van der Waals surface area (Å²) in [7, 11) is 0. The molecule has 13 nitrogen and oxygen atoms in total. The van der Waals surface area contributed by atoms with Crippen LogP contribution in [0.1, 0.15) is 18.7 Å². The number of nitrogens with zero attached hydrogens (tertiary/aromatic N) is 6. The van der Waals surface area contributed by atoms with Crippen LogP contribution >= 0.6 is 0 Å². The third-order valence-corrected chi connectivity index (χ3v) is 6.52. The van der Waals surface area contributed by atoms with Crippen molar-refractivity contribution >= 4 is 41.0 Å². The minimum atomic E-state index is -4.87. The first-order valence-electron chi connectivity index (χ1n) is 12.4. The van der Waals surface area contributed by atoms with E-state index in [1.807, 2.05) is 0 Å². The number of amidine groups is 1. The second kappa shape index (κ2) is 12.6. The molecule has 1 aromatic rings. The van der Waals surface area contributed by atoms with E-state index in [4.69, 9.17) is 16.9 Å². The van der Waals surface area contributed by atoms with Crippen LogP contribution in [0.2, 0.25) is 0 Å². The van der Waals surface area contributed by atoms with Gasteiger partial charge in [-0.15, -0.1) is 0 Å². The lowest BCUT2D eigenvalue weighted by atomic mass is 9.96. The molecule has 0 radical (unpaired) electrons. The van der Waals surface area contributed by atoms with Crippen molar-refractivity contribution in [3.05, 3.63) is 36.7 Å². The second-order valence-corrected chi connectivity index (χ2v) is 9.20. The summed E-state index contributed by atoms with van der Waals surface area (Å²) in [6.07, 6.45) is -2.22. The summed E-state index contributed by atoms with van der Waals surface area (Å²) in [5.74, 6) is -2.57. The summed E-state index contributed by atoms with van der Waals surface area (Å²) in [4.78, 5) is 53.5. The molecule has 216 valence electrons. The van der Waals surface area contributed by atoms with Crippen molar-refractivity contribution in [3.63, 3.8) is 0 Å². The Bertz CT molecular complexity index is 1220. The van der Waals surface area contributed by atoms with Crippen molar-refractivity contribution in [2.45, 2.75) is 19.0 Å². The van der Waals surface area contributed by atoms with E-state index in [1.54, 1.807) is 14.7 Å². The quantitative estimate of drug-likeness (QED) is 0.147. The van der Waals surface area contributed by atoms with Crippen LogP contribution in [-0.4, -0.2) is 100 Å². The van der Waals surface area contributed by atoms with Crippen LogP contribution in [0.4, 0.5) is 25.1 Å². The van der Waals surface area contributed by atoms with E-state index in [9.17, 15) is 27.6 Å². The zero-order valence-corrected chi connectivity index (χ0v) is 21.7. The van der Waals surface area contributed by atoms with E-state index < -0.39 is 29.0 Å². The fourth-order valence-electron chi connectivity index (χ4n) is 4.34. The number of piperazine rings is 1. The van der Waals surface area contributed by atoms with Gasteiger partial charge in [0.05, 0.1) is 12.1 Å². The molecule has 2 fully saturated rings. The van der Waals surface area contributed by atoms with Crippen LogP contribution < -0.4 is 21.7 Å². The maximum absolute atomic E-state index is 13.5. The van der Waals surface area contributed by atoms with Crippen LogP contribution in [0.25, 0.3) is 5.57 Å². The minimum Gasteiger partial charge on any atom is -0.384 e. The number of alkyl halides is 3. The normalized spacial score (nSPS) is 16.9. The Kier molecular flexibility index (Phi) is 9.44. The predicted octanol–water partition coefficient (Wildman–Crippen LogP) is 0.0811. The molecule has 0 atom stereocenters. The number of hydrogen-bond acceptors (Lipinski definition) is 9. The van der Waals surface area contributed by atoms with E-state index in [0.29, 0.717) is 32.0 Å². The lowest BCUT2D eigenvalue weighted by Crippen LogP contribution is -2.52. The summed E-state index contributed by atoms with van der Waals surface area (Å²) < 4.78 is 40.5. The number of piperidine rings is 1. The molecule has 6 N–H and O–H groups in total. The lowest BCUT2D eigenvalue weighted by Gasteiger charge is -2.35. The Morgan fingerprint density at radius 3 is 2.23 bits per heavy atom. The lowest BCUT2D eigenvalue weighted by molar-refractivity contribution is -0.135. The fraction of sp³-hybridized carbons (Fsp3) is 0.458. The SMILES string of the molecule is C=CC(=O)N1CCC(C(=O)NCC(=O)N2CCN(c3nc(N)nc(C(=C)/C(=C\C(=N)N)C(F)(F)F)n3)CC2)CC1. The van der Waals surface area contributed by atoms with Gasteiger partial charge in [0.1, 0.15) is 5.84 Å². The highest BCUT2D eigenvalue weighted by Crippen LogP contribution is 2.34. The van der Waals surface area contributed by atoms with Crippen LogP contribution in [0.3, 0.4) is 0 Å². The number of amides is 3. The number of carbonyl (C=O) groups is 3. The molecule has 3 amide bonds. The monoisotopic (exact) mass is 564 g/mol. The number of allylic oxidation sites excluding steroid dienone is 2. The Morgan fingerprint density at radius 2 is 1.68 bits per heavy atom. The van der Waals surface area contributed by atoms with Crippen LogP contribution in [0.15, 0.2) is 30.9 Å². The molecule has 0 aliphatic carbocycles. The highest BCUT2D eigenvalue weighted by Gasteiger charge is 2.37. The fourth-order valence-corrected chi connectivity index (χ4v) is 4.34. The van der Waals surface area contributed by atoms with E-state index in [2.05, 4.69) is 33.4 Å². The largest absolute Gasteiger partial charge is 0.417 e. The number of nitrogen functional groups attached to an aromatic ring is 1. The molecule has 0 bridgehead atoms. The number of anilines is 2. The van der Waals surface area contributed by atoms with Crippen molar-refractivity contribution in [2.24, 2.45) is 11.7 Å². The molecule has 40 heavy (non-hydrogen) atoms. The molecule has 0 aromatic carbocycles. The van der Waals surface area contributed by atoms with Crippen molar-refractivity contribution in [1.82, 2.24) is 30.1 Å². The number of aromatic nitrogens is 3. The van der Waals surface area contributed by atoms with Gasteiger partial charge in [0, 0.05) is 50.8 Å². The number of nitrogens with two attached hydrogens (primary N) is 2. The first-order chi connectivity index (χ1) is 18.8. The van der Waals surface area contributed by atoms with Crippen LogP contribution in [0, 0.1) is 11.3 Å². The van der Waals surface area contributed by atoms with E-state index >= 15 is 0 Å². The maximum atomic E-state index is 13.5. The Labute approximate surface area is 228 Å². The van der Waals surface area contributed by atoms with Crippen molar-refractivity contribution < 1.29 is 27.6 Å². The summed E-state index contributed by atoms with van der Waals surface area (Å²) in [5, 5.41) is 9.86. The smallest absolute Gasteiger partial charge is 0.384 e. The van der Waals surface area contributed by atoms with Gasteiger partial charge < -0.3 is 31.5 Å². The molecule has 2 saturated heterocycles. The maximum Gasteiger partial charge on any atom is 0.417 e. The molecule has 2 aliphatic rings. The molecular weight excluding hydrogens is 533 g/mol. The number of halogens is 3. The number of nitrogens with one attached hydrogen (secondary N) is 2. The third-order valence-electron chi connectivity index (χ3n) is 6.52. The van der Waals surface area contributed by atoms with E-state index in [0.717, 1.165) is 0 Å².